The number of rotatable bonds is 10. The number of nitrogens with one attached hydrogen (secondary N) is 1. The average Bonchev–Trinajstić information content (AvgIpc) is 2.31. The smallest absolute Gasteiger partial charge is 0.0220 e. The molecule has 0 aliphatic heterocycles. The summed E-state index contributed by atoms with van der Waals surface area (Å²) in [5.41, 5.74) is 0. The summed E-state index contributed by atoms with van der Waals surface area (Å²) in [6.45, 7) is 12.8. The molecule has 0 heterocycles. The van der Waals surface area contributed by atoms with Gasteiger partial charge in [-0.2, -0.15) is 0 Å². The van der Waals surface area contributed by atoms with Gasteiger partial charge in [0.25, 0.3) is 0 Å². The summed E-state index contributed by atoms with van der Waals surface area (Å²) < 4.78 is 0. The summed E-state index contributed by atoms with van der Waals surface area (Å²) >= 11 is 0. The van der Waals surface area contributed by atoms with Crippen LogP contribution in [-0.2, 0) is 0 Å². The van der Waals surface area contributed by atoms with Crippen LogP contribution in [0.4, 0.5) is 0 Å². The van der Waals surface area contributed by atoms with Crippen LogP contribution in [0.1, 0.15) is 53.4 Å². The van der Waals surface area contributed by atoms with Gasteiger partial charge in [0, 0.05) is 19.1 Å². The molecule has 2 heteroatoms. The molecule has 0 amide bonds. The highest BCUT2D eigenvalue weighted by molar-refractivity contribution is 4.74. The maximum absolute atomic E-state index is 3.34. The monoisotopic (exact) mass is 228 g/mol. The van der Waals surface area contributed by atoms with Crippen molar-refractivity contribution < 1.29 is 0 Å². The second-order valence-electron chi connectivity index (χ2n) is 4.77. The molecular weight excluding hydrogens is 196 g/mol. The van der Waals surface area contributed by atoms with E-state index in [-0.39, 0.29) is 0 Å². The van der Waals surface area contributed by atoms with Crippen LogP contribution < -0.4 is 5.32 Å². The third-order valence-electron chi connectivity index (χ3n) is 3.63. The molecule has 0 aliphatic rings. The van der Waals surface area contributed by atoms with E-state index in [1.54, 1.807) is 0 Å². The van der Waals surface area contributed by atoms with Crippen LogP contribution in [-0.4, -0.2) is 37.6 Å². The summed E-state index contributed by atoms with van der Waals surface area (Å²) in [6.07, 6.45) is 5.22. The van der Waals surface area contributed by atoms with Crippen molar-refractivity contribution in [2.45, 2.75) is 59.4 Å². The predicted octanol–water partition coefficient (Wildman–Crippen LogP) is 3.13. The van der Waals surface area contributed by atoms with Gasteiger partial charge in [-0.05, 0) is 25.9 Å². The van der Waals surface area contributed by atoms with E-state index in [1.165, 1.54) is 38.8 Å². The van der Waals surface area contributed by atoms with E-state index < -0.39 is 0 Å². The number of likely N-dealkylation sites (N-methyl/N-ethyl adjacent to an activating group) is 2. The minimum Gasteiger partial charge on any atom is -0.318 e. The van der Waals surface area contributed by atoms with E-state index in [4.69, 9.17) is 0 Å². The molecule has 0 aromatic heterocycles. The molecule has 16 heavy (non-hydrogen) atoms. The molecule has 0 spiro atoms. The van der Waals surface area contributed by atoms with E-state index >= 15 is 0 Å². The second kappa shape index (κ2) is 10.1. The van der Waals surface area contributed by atoms with Crippen molar-refractivity contribution in [2.75, 3.05) is 26.7 Å². The van der Waals surface area contributed by atoms with Gasteiger partial charge < -0.3 is 5.32 Å². The number of nitrogens with zero attached hydrogens (tertiary/aromatic N) is 1. The van der Waals surface area contributed by atoms with E-state index in [0.717, 1.165) is 18.5 Å². The first-order valence-corrected chi connectivity index (χ1v) is 7.11. The third kappa shape index (κ3) is 5.86. The molecule has 0 fully saturated rings. The Kier molecular flexibility index (Phi) is 10.0. The lowest BCUT2D eigenvalue weighted by molar-refractivity contribution is 0.160. The molecular formula is C14H32N2. The van der Waals surface area contributed by atoms with Crippen LogP contribution in [0.25, 0.3) is 0 Å². The van der Waals surface area contributed by atoms with Gasteiger partial charge in [-0.1, -0.05) is 47.0 Å². The zero-order valence-corrected chi connectivity index (χ0v) is 12.1. The Morgan fingerprint density at radius 2 is 1.69 bits per heavy atom. The highest BCUT2D eigenvalue weighted by atomic mass is 15.2. The topological polar surface area (TPSA) is 15.3 Å². The maximum atomic E-state index is 3.34. The molecule has 0 aromatic rings. The zero-order valence-electron chi connectivity index (χ0n) is 12.1. The summed E-state index contributed by atoms with van der Waals surface area (Å²) in [5.74, 6) is 0.871. The van der Waals surface area contributed by atoms with Crippen molar-refractivity contribution in [1.29, 1.82) is 0 Å². The van der Waals surface area contributed by atoms with Crippen molar-refractivity contribution in [2.24, 2.45) is 5.92 Å². The fraction of sp³-hybridized carbons (Fsp3) is 1.00. The molecule has 0 radical (unpaired) electrons. The largest absolute Gasteiger partial charge is 0.318 e. The molecule has 0 saturated carbocycles. The van der Waals surface area contributed by atoms with Crippen molar-refractivity contribution in [1.82, 2.24) is 10.2 Å². The molecule has 1 N–H and O–H groups in total. The van der Waals surface area contributed by atoms with Crippen LogP contribution in [0.15, 0.2) is 0 Å². The first-order valence-electron chi connectivity index (χ1n) is 7.11. The Bertz CT molecular complexity index is 138. The normalized spacial score (nSPS) is 13.7. The second-order valence-corrected chi connectivity index (χ2v) is 4.77. The van der Waals surface area contributed by atoms with E-state index in [2.05, 4.69) is 45.0 Å². The van der Waals surface area contributed by atoms with Crippen molar-refractivity contribution in [3.8, 4) is 0 Å². The van der Waals surface area contributed by atoms with E-state index in [9.17, 15) is 0 Å². The third-order valence-corrected chi connectivity index (χ3v) is 3.63. The van der Waals surface area contributed by atoms with Crippen molar-refractivity contribution in [3.05, 3.63) is 0 Å². The molecule has 1 unspecified atom stereocenters. The Hall–Kier alpha value is -0.0800. The lowest BCUT2D eigenvalue weighted by Crippen LogP contribution is -2.43. The SMILES string of the molecule is CCCC(CNC)N(CC)CC(CC)CC. The highest BCUT2D eigenvalue weighted by Gasteiger charge is 2.18. The minimum absolute atomic E-state index is 0.723. The van der Waals surface area contributed by atoms with Gasteiger partial charge in [0.2, 0.25) is 0 Å². The summed E-state index contributed by atoms with van der Waals surface area (Å²) in [4.78, 5) is 2.66. The molecule has 0 aromatic carbocycles. The van der Waals surface area contributed by atoms with Crippen LogP contribution in [0, 0.1) is 5.92 Å². The fourth-order valence-electron chi connectivity index (χ4n) is 2.40. The first-order chi connectivity index (χ1) is 7.73. The zero-order chi connectivity index (χ0) is 12.4. The lowest BCUT2D eigenvalue weighted by atomic mass is 10.0. The number of hydrogen-bond donors (Lipinski definition) is 1. The predicted molar refractivity (Wildman–Crippen MR) is 73.9 cm³/mol. The Labute approximate surface area is 103 Å². The molecule has 0 saturated heterocycles. The summed E-state index contributed by atoms with van der Waals surface area (Å²) in [5, 5.41) is 3.34. The van der Waals surface area contributed by atoms with E-state index in [0.29, 0.717) is 0 Å². The lowest BCUT2D eigenvalue weighted by Gasteiger charge is -2.33. The van der Waals surface area contributed by atoms with Gasteiger partial charge >= 0.3 is 0 Å². The average molecular weight is 228 g/mol. The summed E-state index contributed by atoms with van der Waals surface area (Å²) in [6, 6.07) is 0.723. The van der Waals surface area contributed by atoms with Crippen LogP contribution in [0.2, 0.25) is 0 Å². The van der Waals surface area contributed by atoms with Gasteiger partial charge in [-0.15, -0.1) is 0 Å². The minimum atomic E-state index is 0.723. The standard InChI is InChI=1S/C14H32N2/c1-6-10-14(11-15-5)16(9-4)12-13(7-2)8-3/h13-15H,6-12H2,1-5H3. The van der Waals surface area contributed by atoms with Gasteiger partial charge in [-0.25, -0.2) is 0 Å². The van der Waals surface area contributed by atoms with Gasteiger partial charge in [0.05, 0.1) is 0 Å². The Balaban J connectivity index is 4.27. The first kappa shape index (κ1) is 15.9. The highest BCUT2D eigenvalue weighted by Crippen LogP contribution is 2.14. The molecule has 98 valence electrons. The molecule has 0 rings (SSSR count). The quantitative estimate of drug-likeness (QED) is 0.618. The van der Waals surface area contributed by atoms with Gasteiger partial charge in [-0.3, -0.25) is 4.90 Å². The van der Waals surface area contributed by atoms with Crippen molar-refractivity contribution in [3.63, 3.8) is 0 Å². The van der Waals surface area contributed by atoms with Crippen molar-refractivity contribution >= 4 is 0 Å². The van der Waals surface area contributed by atoms with E-state index in [1.807, 2.05) is 0 Å². The number of hydrogen-bond acceptors (Lipinski definition) is 2. The Morgan fingerprint density at radius 3 is 2.06 bits per heavy atom. The molecule has 0 aliphatic carbocycles. The molecule has 1 atom stereocenters. The van der Waals surface area contributed by atoms with Gasteiger partial charge in [0.1, 0.15) is 0 Å². The van der Waals surface area contributed by atoms with Crippen LogP contribution >= 0.6 is 0 Å². The molecule has 0 bridgehead atoms. The maximum Gasteiger partial charge on any atom is 0.0220 e. The summed E-state index contributed by atoms with van der Waals surface area (Å²) in [7, 11) is 2.06. The van der Waals surface area contributed by atoms with Crippen LogP contribution in [0.3, 0.4) is 0 Å². The van der Waals surface area contributed by atoms with Crippen LogP contribution in [0.5, 0.6) is 0 Å². The van der Waals surface area contributed by atoms with Gasteiger partial charge in [0.15, 0.2) is 0 Å². The fourth-order valence-corrected chi connectivity index (χ4v) is 2.40. The molecule has 2 nitrogen and oxygen atoms in total. The Morgan fingerprint density at radius 1 is 1.06 bits per heavy atom.